The van der Waals surface area contributed by atoms with Gasteiger partial charge in [-0.05, 0) is 64.7 Å². The number of benzene rings is 2. The zero-order valence-corrected chi connectivity index (χ0v) is 22.0. The molecule has 0 aromatic heterocycles. The van der Waals surface area contributed by atoms with Gasteiger partial charge in [0, 0.05) is 12.0 Å². The van der Waals surface area contributed by atoms with Gasteiger partial charge in [-0.2, -0.15) is 15.0 Å². The summed E-state index contributed by atoms with van der Waals surface area (Å²) in [5.74, 6) is -3.15. The fourth-order valence-corrected chi connectivity index (χ4v) is 7.73. The molecule has 1 aliphatic heterocycles. The molecule has 2 aromatic carbocycles. The summed E-state index contributed by atoms with van der Waals surface area (Å²) in [6.07, 6.45) is 4.96. The SMILES string of the molecule is CCCCC1(CC)CC(c2ccccc2)c2cc(Br)c(OC=C(F)C(=O)O)cc2S(O)(O)C1C. The van der Waals surface area contributed by atoms with Gasteiger partial charge in [0.15, 0.2) is 0 Å². The molecule has 0 aliphatic carbocycles. The lowest BCUT2D eigenvalue weighted by Crippen LogP contribution is -2.36. The summed E-state index contributed by atoms with van der Waals surface area (Å²) >= 11 is 3.45. The second-order valence-electron chi connectivity index (χ2n) is 8.93. The highest BCUT2D eigenvalue weighted by atomic mass is 79.9. The fourth-order valence-electron chi connectivity index (χ4n) is 4.99. The Balaban J connectivity index is 2.23. The third kappa shape index (κ3) is 5.20. The first kappa shape index (κ1) is 26.7. The van der Waals surface area contributed by atoms with Crippen LogP contribution in [0.1, 0.15) is 69.9 Å². The molecule has 3 rings (SSSR count). The third-order valence-corrected chi connectivity index (χ3v) is 10.3. The van der Waals surface area contributed by atoms with E-state index in [2.05, 4.69) is 41.9 Å². The number of carboxylic acids is 1. The van der Waals surface area contributed by atoms with Crippen LogP contribution in [0.2, 0.25) is 0 Å². The Hall–Kier alpha value is -1.87. The first-order valence-electron chi connectivity index (χ1n) is 11.5. The Morgan fingerprint density at radius 2 is 1.94 bits per heavy atom. The van der Waals surface area contributed by atoms with Gasteiger partial charge in [0.05, 0.1) is 14.6 Å². The van der Waals surface area contributed by atoms with Crippen LogP contribution in [0.3, 0.4) is 0 Å². The molecule has 3 atom stereocenters. The summed E-state index contributed by atoms with van der Waals surface area (Å²) in [6.45, 7) is 6.17. The van der Waals surface area contributed by atoms with Crippen LogP contribution in [0.25, 0.3) is 0 Å². The number of carboxylic acid groups (broad SMARTS) is 1. The summed E-state index contributed by atoms with van der Waals surface area (Å²) in [5, 5.41) is 8.37. The van der Waals surface area contributed by atoms with Gasteiger partial charge in [-0.1, -0.05) is 57.0 Å². The molecule has 8 heteroatoms. The van der Waals surface area contributed by atoms with Crippen LogP contribution in [0, 0.1) is 5.41 Å². The molecule has 186 valence electrons. The van der Waals surface area contributed by atoms with E-state index in [-0.39, 0.29) is 17.1 Å². The van der Waals surface area contributed by atoms with Gasteiger partial charge in [0.1, 0.15) is 12.0 Å². The van der Waals surface area contributed by atoms with E-state index in [4.69, 9.17) is 9.84 Å². The van der Waals surface area contributed by atoms with Crippen LogP contribution >= 0.6 is 26.5 Å². The molecule has 3 unspecified atom stereocenters. The summed E-state index contributed by atoms with van der Waals surface area (Å²) < 4.78 is 42.7. The maximum Gasteiger partial charge on any atom is 0.368 e. The molecule has 34 heavy (non-hydrogen) atoms. The number of halogens is 2. The average molecular weight is 556 g/mol. The number of aliphatic carboxylic acids is 1. The Kier molecular flexibility index (Phi) is 8.50. The van der Waals surface area contributed by atoms with Crippen molar-refractivity contribution in [3.05, 3.63) is 70.2 Å². The molecule has 0 saturated carbocycles. The predicted molar refractivity (Wildman–Crippen MR) is 137 cm³/mol. The molecule has 1 aliphatic rings. The Bertz CT molecular complexity index is 1060. The first-order valence-corrected chi connectivity index (χ1v) is 13.9. The normalized spacial score (nSPS) is 25.2. The van der Waals surface area contributed by atoms with Crippen molar-refractivity contribution in [3.8, 4) is 5.75 Å². The Labute approximate surface area is 210 Å². The molecule has 0 bridgehead atoms. The molecule has 0 radical (unpaired) electrons. The predicted octanol–water partition coefficient (Wildman–Crippen LogP) is 8.34. The van der Waals surface area contributed by atoms with E-state index in [9.17, 15) is 18.3 Å². The monoisotopic (exact) mass is 554 g/mol. The van der Waals surface area contributed by atoms with Gasteiger partial charge < -0.3 is 9.84 Å². The molecular formula is C26H32BrFO5S. The second-order valence-corrected chi connectivity index (χ2v) is 12.1. The van der Waals surface area contributed by atoms with Crippen molar-refractivity contribution in [2.75, 3.05) is 0 Å². The van der Waals surface area contributed by atoms with Crippen molar-refractivity contribution >= 4 is 32.5 Å². The Morgan fingerprint density at radius 1 is 1.26 bits per heavy atom. The van der Waals surface area contributed by atoms with Crippen LogP contribution < -0.4 is 4.74 Å². The van der Waals surface area contributed by atoms with E-state index in [0.717, 1.165) is 43.2 Å². The van der Waals surface area contributed by atoms with E-state index in [0.29, 0.717) is 15.6 Å². The highest BCUT2D eigenvalue weighted by molar-refractivity contribution is 9.10. The fraction of sp³-hybridized carbons (Fsp3) is 0.423. The van der Waals surface area contributed by atoms with Gasteiger partial charge in [0.25, 0.3) is 0 Å². The minimum absolute atomic E-state index is 0.0826. The highest BCUT2D eigenvalue weighted by Gasteiger charge is 2.48. The van der Waals surface area contributed by atoms with Crippen molar-refractivity contribution in [3.63, 3.8) is 0 Å². The molecule has 0 fully saturated rings. The second kappa shape index (κ2) is 10.8. The molecule has 2 aromatic rings. The number of carbonyl (C=O) groups is 1. The minimum Gasteiger partial charge on any atom is -0.476 e. The summed E-state index contributed by atoms with van der Waals surface area (Å²) in [4.78, 5) is 11.2. The van der Waals surface area contributed by atoms with Gasteiger partial charge in [-0.3, -0.25) is 9.11 Å². The van der Waals surface area contributed by atoms with Crippen molar-refractivity contribution in [1.29, 1.82) is 0 Å². The standard InChI is InChI=1S/C26H32BrFO5S/c1-4-6-12-26(5-2)15-20(18-10-8-7-9-11-18)19-13-21(27)23(33-16-22(28)25(29)30)14-24(19)34(31,32)17(26)3/h7-11,13-14,16-17,20,31-32H,4-6,12,15H2,1-3H3,(H,29,30). The van der Waals surface area contributed by atoms with Crippen molar-refractivity contribution in [2.45, 2.75) is 68.9 Å². The molecule has 0 saturated heterocycles. The van der Waals surface area contributed by atoms with Crippen LogP contribution in [-0.4, -0.2) is 25.4 Å². The largest absolute Gasteiger partial charge is 0.476 e. The smallest absolute Gasteiger partial charge is 0.368 e. The van der Waals surface area contributed by atoms with E-state index in [1.807, 2.05) is 25.1 Å². The topological polar surface area (TPSA) is 87.0 Å². The van der Waals surface area contributed by atoms with Gasteiger partial charge in [-0.25, -0.2) is 4.79 Å². The number of hydrogen-bond acceptors (Lipinski definition) is 4. The lowest BCUT2D eigenvalue weighted by atomic mass is 9.69. The van der Waals surface area contributed by atoms with Crippen molar-refractivity contribution in [2.24, 2.45) is 5.41 Å². The average Bonchev–Trinajstić information content (AvgIpc) is 2.89. The highest BCUT2D eigenvalue weighted by Crippen LogP contribution is 2.67. The third-order valence-electron chi connectivity index (χ3n) is 7.16. The van der Waals surface area contributed by atoms with E-state index in [1.54, 1.807) is 6.07 Å². The lowest BCUT2D eigenvalue weighted by Gasteiger charge is -2.48. The molecule has 3 N–H and O–H groups in total. The van der Waals surface area contributed by atoms with Crippen LogP contribution in [0.4, 0.5) is 4.39 Å². The summed E-state index contributed by atoms with van der Waals surface area (Å²) in [6, 6.07) is 13.3. The first-order chi connectivity index (χ1) is 16.1. The van der Waals surface area contributed by atoms with Crippen LogP contribution in [0.5, 0.6) is 5.75 Å². The number of hydrogen-bond donors (Lipinski definition) is 3. The van der Waals surface area contributed by atoms with E-state index < -0.39 is 27.6 Å². The van der Waals surface area contributed by atoms with E-state index in [1.165, 1.54) is 6.07 Å². The quantitative estimate of drug-likeness (QED) is 0.225. The summed E-state index contributed by atoms with van der Waals surface area (Å²) in [7, 11) is -3.27. The van der Waals surface area contributed by atoms with Gasteiger partial charge in [-0.15, -0.1) is 0 Å². The zero-order chi connectivity index (χ0) is 25.1. The van der Waals surface area contributed by atoms with Gasteiger partial charge in [0.2, 0.25) is 5.83 Å². The van der Waals surface area contributed by atoms with E-state index >= 15 is 0 Å². The maximum absolute atomic E-state index is 13.5. The summed E-state index contributed by atoms with van der Waals surface area (Å²) in [5.41, 5.74) is 1.57. The number of rotatable bonds is 8. The zero-order valence-electron chi connectivity index (χ0n) is 19.6. The number of ether oxygens (including phenoxy) is 1. The number of unbranched alkanes of at least 4 members (excludes halogenated alkanes) is 1. The molecule has 0 amide bonds. The van der Waals surface area contributed by atoms with Gasteiger partial charge >= 0.3 is 5.97 Å². The minimum atomic E-state index is -3.27. The van der Waals surface area contributed by atoms with Crippen LogP contribution in [0.15, 0.2) is 63.9 Å². The molecule has 1 heterocycles. The lowest BCUT2D eigenvalue weighted by molar-refractivity contribution is -0.134. The molecule has 5 nitrogen and oxygen atoms in total. The van der Waals surface area contributed by atoms with Crippen molar-refractivity contribution in [1.82, 2.24) is 0 Å². The molecular weight excluding hydrogens is 523 g/mol. The van der Waals surface area contributed by atoms with Crippen LogP contribution in [-0.2, 0) is 4.79 Å². The van der Waals surface area contributed by atoms with Crippen molar-refractivity contribution < 1.29 is 28.1 Å². The maximum atomic E-state index is 13.5. The molecule has 0 spiro atoms. The Morgan fingerprint density at radius 3 is 2.53 bits per heavy atom. The number of fused-ring (bicyclic) bond motifs is 1.